The molecule has 1 rings (SSSR count). The molecule has 0 aliphatic rings. The lowest BCUT2D eigenvalue weighted by atomic mass is 10.1. The number of halogens is 1. The molecule has 2 N–H and O–H groups in total. The number of benzene rings is 1. The number of hydrogen-bond donors (Lipinski definition) is 2. The highest BCUT2D eigenvalue weighted by Gasteiger charge is 2.14. The Bertz CT molecular complexity index is 455. The molecular weight excluding hydrogens is 274 g/mol. The van der Waals surface area contributed by atoms with Crippen molar-refractivity contribution in [3.05, 3.63) is 28.8 Å². The molecule has 0 heterocycles. The molecule has 5 heteroatoms. The second kappa shape index (κ2) is 8.80. The van der Waals surface area contributed by atoms with Crippen LogP contribution < -0.4 is 5.32 Å². The second-order valence-corrected chi connectivity index (χ2v) is 5.04. The summed E-state index contributed by atoms with van der Waals surface area (Å²) in [5, 5.41) is 22.7. The molecule has 0 fully saturated rings. The first-order chi connectivity index (χ1) is 9.62. The van der Waals surface area contributed by atoms with Crippen molar-refractivity contribution in [1.29, 1.82) is 5.26 Å². The van der Waals surface area contributed by atoms with Crippen LogP contribution in [0.4, 0.5) is 0 Å². The van der Waals surface area contributed by atoms with E-state index >= 15 is 0 Å². The Morgan fingerprint density at radius 2 is 2.10 bits per heavy atom. The number of phenolic OH excluding ortho intramolecular Hbond substituents is 1. The predicted octanol–water partition coefficient (Wildman–Crippen LogP) is 2.93. The first-order valence-corrected chi connectivity index (χ1v) is 7.33. The number of hydrogen-bond acceptors (Lipinski definition) is 4. The summed E-state index contributed by atoms with van der Waals surface area (Å²) in [7, 11) is 0. The summed E-state index contributed by atoms with van der Waals surface area (Å²) < 4.78 is 0. The van der Waals surface area contributed by atoms with Gasteiger partial charge in [0, 0.05) is 10.6 Å². The van der Waals surface area contributed by atoms with Crippen molar-refractivity contribution in [1.82, 2.24) is 10.2 Å². The van der Waals surface area contributed by atoms with Gasteiger partial charge >= 0.3 is 0 Å². The Hall–Kier alpha value is -1.28. The van der Waals surface area contributed by atoms with Crippen molar-refractivity contribution in [2.75, 3.05) is 26.2 Å². The minimum absolute atomic E-state index is 0.0946. The van der Waals surface area contributed by atoms with Crippen LogP contribution in [-0.2, 0) is 0 Å². The Labute approximate surface area is 126 Å². The SMILES string of the molecule is CCN(CC)CCCNC(C#N)c1cc(Cl)ccc1O. The van der Waals surface area contributed by atoms with E-state index in [1.807, 2.05) is 0 Å². The van der Waals surface area contributed by atoms with Gasteiger partial charge in [0.05, 0.1) is 6.07 Å². The van der Waals surface area contributed by atoms with E-state index in [-0.39, 0.29) is 5.75 Å². The highest BCUT2D eigenvalue weighted by molar-refractivity contribution is 6.30. The summed E-state index contributed by atoms with van der Waals surface area (Å²) >= 11 is 5.90. The van der Waals surface area contributed by atoms with Crippen LogP contribution in [0.1, 0.15) is 31.9 Å². The fourth-order valence-corrected chi connectivity index (χ4v) is 2.25. The molecule has 110 valence electrons. The molecule has 0 bridgehead atoms. The first kappa shape index (κ1) is 16.8. The zero-order chi connectivity index (χ0) is 15.0. The van der Waals surface area contributed by atoms with E-state index in [0.29, 0.717) is 10.6 Å². The van der Waals surface area contributed by atoms with Crippen LogP contribution in [0.15, 0.2) is 18.2 Å². The molecule has 4 nitrogen and oxygen atoms in total. The van der Waals surface area contributed by atoms with Crippen LogP contribution in [0, 0.1) is 11.3 Å². The van der Waals surface area contributed by atoms with Gasteiger partial charge in [0.25, 0.3) is 0 Å². The molecule has 0 aliphatic heterocycles. The zero-order valence-corrected chi connectivity index (χ0v) is 12.8. The minimum Gasteiger partial charge on any atom is -0.508 e. The van der Waals surface area contributed by atoms with Crippen molar-refractivity contribution in [3.8, 4) is 11.8 Å². The maximum atomic E-state index is 9.80. The molecule has 1 unspecified atom stereocenters. The molecule has 0 saturated carbocycles. The van der Waals surface area contributed by atoms with Crippen molar-refractivity contribution < 1.29 is 5.11 Å². The highest BCUT2D eigenvalue weighted by atomic mass is 35.5. The summed E-state index contributed by atoms with van der Waals surface area (Å²) in [5.41, 5.74) is 0.530. The van der Waals surface area contributed by atoms with E-state index < -0.39 is 6.04 Å². The number of aromatic hydroxyl groups is 1. The average Bonchev–Trinajstić information content (AvgIpc) is 2.46. The fraction of sp³-hybridized carbons (Fsp3) is 0.533. The van der Waals surface area contributed by atoms with Gasteiger partial charge in [0.2, 0.25) is 0 Å². The summed E-state index contributed by atoms with van der Waals surface area (Å²) in [4.78, 5) is 2.33. The molecule has 0 saturated heterocycles. The van der Waals surface area contributed by atoms with Gasteiger partial charge in [-0.05, 0) is 50.8 Å². The van der Waals surface area contributed by atoms with E-state index in [9.17, 15) is 10.4 Å². The molecule has 0 aromatic heterocycles. The normalized spacial score (nSPS) is 12.3. The van der Waals surface area contributed by atoms with Gasteiger partial charge in [-0.1, -0.05) is 25.4 Å². The summed E-state index contributed by atoms with van der Waals surface area (Å²) in [5.74, 6) is 0.0946. The molecule has 0 aliphatic carbocycles. The molecule has 1 aromatic carbocycles. The Kier molecular flexibility index (Phi) is 7.38. The predicted molar refractivity (Wildman–Crippen MR) is 81.9 cm³/mol. The van der Waals surface area contributed by atoms with Crippen LogP contribution in [0.5, 0.6) is 5.75 Å². The van der Waals surface area contributed by atoms with Gasteiger partial charge in [0.15, 0.2) is 0 Å². The maximum Gasteiger partial charge on any atom is 0.124 e. The van der Waals surface area contributed by atoms with Crippen LogP contribution in [0.2, 0.25) is 5.02 Å². The van der Waals surface area contributed by atoms with Crippen molar-refractivity contribution >= 4 is 11.6 Å². The summed E-state index contributed by atoms with van der Waals surface area (Å²) in [6.45, 7) is 8.07. The van der Waals surface area contributed by atoms with Gasteiger partial charge < -0.3 is 10.0 Å². The van der Waals surface area contributed by atoms with Crippen LogP contribution >= 0.6 is 11.6 Å². The number of rotatable bonds is 8. The van der Waals surface area contributed by atoms with Crippen LogP contribution in [0.3, 0.4) is 0 Å². The molecule has 1 atom stereocenters. The zero-order valence-electron chi connectivity index (χ0n) is 12.1. The second-order valence-electron chi connectivity index (χ2n) is 4.60. The number of nitriles is 1. The largest absolute Gasteiger partial charge is 0.508 e. The third-order valence-electron chi connectivity index (χ3n) is 3.32. The monoisotopic (exact) mass is 295 g/mol. The third kappa shape index (κ3) is 5.01. The Morgan fingerprint density at radius 3 is 2.70 bits per heavy atom. The lowest BCUT2D eigenvalue weighted by Gasteiger charge is -2.19. The van der Waals surface area contributed by atoms with E-state index in [4.69, 9.17) is 11.6 Å². The smallest absolute Gasteiger partial charge is 0.124 e. The van der Waals surface area contributed by atoms with E-state index in [2.05, 4.69) is 30.1 Å². The third-order valence-corrected chi connectivity index (χ3v) is 3.56. The van der Waals surface area contributed by atoms with E-state index in [1.54, 1.807) is 12.1 Å². The summed E-state index contributed by atoms with van der Waals surface area (Å²) in [6, 6.07) is 6.37. The van der Waals surface area contributed by atoms with Crippen molar-refractivity contribution in [3.63, 3.8) is 0 Å². The highest BCUT2D eigenvalue weighted by Crippen LogP contribution is 2.26. The minimum atomic E-state index is -0.537. The van der Waals surface area contributed by atoms with E-state index in [1.165, 1.54) is 6.07 Å². The number of nitrogens with zero attached hydrogens (tertiary/aromatic N) is 2. The van der Waals surface area contributed by atoms with Gasteiger partial charge in [-0.3, -0.25) is 5.32 Å². The van der Waals surface area contributed by atoms with Crippen LogP contribution in [0.25, 0.3) is 0 Å². The van der Waals surface area contributed by atoms with Gasteiger partial charge in [-0.25, -0.2) is 0 Å². The lowest BCUT2D eigenvalue weighted by Crippen LogP contribution is -2.28. The van der Waals surface area contributed by atoms with E-state index in [0.717, 1.165) is 32.6 Å². The lowest BCUT2D eigenvalue weighted by molar-refractivity contribution is 0.297. The van der Waals surface area contributed by atoms with Crippen molar-refractivity contribution in [2.45, 2.75) is 26.3 Å². The molecular formula is C15H22ClN3O. The molecule has 20 heavy (non-hydrogen) atoms. The number of nitrogens with one attached hydrogen (secondary N) is 1. The molecule has 1 aromatic rings. The van der Waals surface area contributed by atoms with Gasteiger partial charge in [-0.15, -0.1) is 0 Å². The Morgan fingerprint density at radius 1 is 1.40 bits per heavy atom. The number of phenols is 1. The molecule has 0 amide bonds. The fourth-order valence-electron chi connectivity index (χ4n) is 2.07. The average molecular weight is 296 g/mol. The maximum absolute atomic E-state index is 9.80. The Balaban J connectivity index is 2.52. The first-order valence-electron chi connectivity index (χ1n) is 6.96. The molecule has 0 spiro atoms. The van der Waals surface area contributed by atoms with Gasteiger partial charge in [0.1, 0.15) is 11.8 Å². The van der Waals surface area contributed by atoms with Crippen molar-refractivity contribution in [2.24, 2.45) is 0 Å². The van der Waals surface area contributed by atoms with Gasteiger partial charge in [-0.2, -0.15) is 5.26 Å². The molecule has 0 radical (unpaired) electrons. The topological polar surface area (TPSA) is 59.3 Å². The standard InChI is InChI=1S/C15H22ClN3O/c1-3-19(4-2)9-5-8-18-14(11-17)13-10-12(16)6-7-15(13)20/h6-7,10,14,18,20H,3-5,8-9H2,1-2H3. The quantitative estimate of drug-likeness (QED) is 0.724. The summed E-state index contributed by atoms with van der Waals surface area (Å²) in [6.07, 6.45) is 0.960. The van der Waals surface area contributed by atoms with Crippen LogP contribution in [-0.4, -0.2) is 36.2 Å².